The lowest BCUT2D eigenvalue weighted by atomic mass is 10.3. The molecule has 0 radical (unpaired) electrons. The number of amides is 1. The largest absolute Gasteiger partial charge is 0.383 e. The molecule has 0 aliphatic heterocycles. The van der Waals surface area contributed by atoms with Gasteiger partial charge in [-0.25, -0.2) is 9.97 Å². The molecule has 0 saturated heterocycles. The van der Waals surface area contributed by atoms with E-state index in [0.717, 1.165) is 0 Å². The predicted molar refractivity (Wildman–Crippen MR) is 65.0 cm³/mol. The Kier molecular flexibility index (Phi) is 5.59. The molecule has 1 rings (SSSR count). The number of nitrogens with zero attached hydrogens (tertiary/aromatic N) is 3. The summed E-state index contributed by atoms with van der Waals surface area (Å²) in [6.45, 7) is 4.98. The van der Waals surface area contributed by atoms with Gasteiger partial charge in [-0.15, -0.1) is 6.58 Å². The third kappa shape index (κ3) is 4.13. The van der Waals surface area contributed by atoms with Crippen LogP contribution in [0.3, 0.4) is 0 Å². The Hall–Kier alpha value is -1.46. The van der Waals surface area contributed by atoms with Gasteiger partial charge in [0, 0.05) is 20.2 Å². The normalized spacial score (nSPS) is 10.0. The maximum Gasteiger partial charge on any atom is 0.274 e. The standard InChI is InChI=1S/C11H14ClN3O2/c1-3-4-15(5-6-17-2)11(16)9-7-14-10(12)8-13-9/h3,7-8H,1,4-6H2,2H3. The highest BCUT2D eigenvalue weighted by Crippen LogP contribution is 2.04. The van der Waals surface area contributed by atoms with Crippen molar-refractivity contribution in [2.24, 2.45) is 0 Å². The highest BCUT2D eigenvalue weighted by Gasteiger charge is 2.15. The molecule has 0 atom stereocenters. The molecule has 0 spiro atoms. The van der Waals surface area contributed by atoms with Crippen LogP contribution in [0.5, 0.6) is 0 Å². The van der Waals surface area contributed by atoms with Gasteiger partial charge in [-0.3, -0.25) is 4.79 Å². The van der Waals surface area contributed by atoms with Gasteiger partial charge in [0.1, 0.15) is 10.8 Å². The Labute approximate surface area is 105 Å². The van der Waals surface area contributed by atoms with Crippen LogP contribution in [0.25, 0.3) is 0 Å². The second-order valence-corrected chi connectivity index (χ2v) is 3.64. The molecule has 6 heteroatoms. The fraction of sp³-hybridized carbons (Fsp3) is 0.364. The topological polar surface area (TPSA) is 55.3 Å². The number of ether oxygens (including phenoxy) is 1. The summed E-state index contributed by atoms with van der Waals surface area (Å²) in [5.41, 5.74) is 0.257. The van der Waals surface area contributed by atoms with Gasteiger partial charge in [0.15, 0.2) is 0 Å². The molecule has 1 aromatic heterocycles. The monoisotopic (exact) mass is 255 g/mol. The quantitative estimate of drug-likeness (QED) is 0.721. The fourth-order valence-corrected chi connectivity index (χ4v) is 1.32. The summed E-state index contributed by atoms with van der Waals surface area (Å²) in [4.78, 5) is 21.4. The number of methoxy groups -OCH3 is 1. The second-order valence-electron chi connectivity index (χ2n) is 3.26. The molecule has 0 N–H and O–H groups in total. The first kappa shape index (κ1) is 13.6. The third-order valence-corrected chi connectivity index (χ3v) is 2.24. The number of aromatic nitrogens is 2. The minimum atomic E-state index is -0.217. The lowest BCUT2D eigenvalue weighted by Gasteiger charge is -2.19. The molecule has 92 valence electrons. The van der Waals surface area contributed by atoms with Crippen LogP contribution < -0.4 is 0 Å². The molecule has 1 aromatic rings. The van der Waals surface area contributed by atoms with Crippen LogP contribution in [0.2, 0.25) is 5.15 Å². The molecule has 0 aliphatic carbocycles. The number of carbonyl (C=O) groups excluding carboxylic acids is 1. The van der Waals surface area contributed by atoms with Gasteiger partial charge in [0.25, 0.3) is 5.91 Å². The van der Waals surface area contributed by atoms with E-state index < -0.39 is 0 Å². The SMILES string of the molecule is C=CCN(CCOC)C(=O)c1cnc(Cl)cn1. The molecule has 0 aromatic carbocycles. The molecular formula is C11H14ClN3O2. The van der Waals surface area contributed by atoms with Crippen molar-refractivity contribution < 1.29 is 9.53 Å². The second kappa shape index (κ2) is 6.98. The molecule has 0 bridgehead atoms. The van der Waals surface area contributed by atoms with E-state index >= 15 is 0 Å². The summed E-state index contributed by atoms with van der Waals surface area (Å²) in [5.74, 6) is -0.217. The maximum atomic E-state index is 12.0. The first-order valence-corrected chi connectivity index (χ1v) is 5.43. The number of hydrogen-bond donors (Lipinski definition) is 0. The molecule has 0 unspecified atom stereocenters. The van der Waals surface area contributed by atoms with E-state index in [2.05, 4.69) is 16.5 Å². The van der Waals surface area contributed by atoms with Crippen LogP contribution >= 0.6 is 11.6 Å². The smallest absolute Gasteiger partial charge is 0.274 e. The van der Waals surface area contributed by atoms with Gasteiger partial charge in [-0.1, -0.05) is 17.7 Å². The summed E-state index contributed by atoms with van der Waals surface area (Å²) in [6.07, 6.45) is 4.35. The number of rotatable bonds is 6. The zero-order chi connectivity index (χ0) is 12.7. The third-order valence-electron chi connectivity index (χ3n) is 2.04. The van der Waals surface area contributed by atoms with Crippen LogP contribution in [0.4, 0.5) is 0 Å². The Morgan fingerprint density at radius 3 is 2.88 bits per heavy atom. The Morgan fingerprint density at radius 2 is 2.35 bits per heavy atom. The lowest BCUT2D eigenvalue weighted by Crippen LogP contribution is -2.34. The van der Waals surface area contributed by atoms with Crippen molar-refractivity contribution in [2.45, 2.75) is 0 Å². The van der Waals surface area contributed by atoms with Crippen LogP contribution in [-0.4, -0.2) is 47.6 Å². The highest BCUT2D eigenvalue weighted by molar-refractivity contribution is 6.29. The van der Waals surface area contributed by atoms with E-state index in [0.29, 0.717) is 19.7 Å². The van der Waals surface area contributed by atoms with Crippen molar-refractivity contribution in [1.82, 2.24) is 14.9 Å². The van der Waals surface area contributed by atoms with E-state index in [1.807, 2.05) is 0 Å². The van der Waals surface area contributed by atoms with Gasteiger partial charge in [-0.2, -0.15) is 0 Å². The number of halogens is 1. The Balaban J connectivity index is 2.75. The van der Waals surface area contributed by atoms with E-state index in [4.69, 9.17) is 16.3 Å². The minimum Gasteiger partial charge on any atom is -0.383 e. The molecule has 0 aliphatic rings. The van der Waals surface area contributed by atoms with Gasteiger partial charge in [0.2, 0.25) is 0 Å². The highest BCUT2D eigenvalue weighted by atomic mass is 35.5. The summed E-state index contributed by atoms with van der Waals surface area (Å²) in [5, 5.41) is 0.258. The van der Waals surface area contributed by atoms with Crippen LogP contribution in [0, 0.1) is 0 Å². The Morgan fingerprint density at radius 1 is 1.59 bits per heavy atom. The lowest BCUT2D eigenvalue weighted by molar-refractivity contribution is 0.0712. The zero-order valence-electron chi connectivity index (χ0n) is 9.60. The van der Waals surface area contributed by atoms with Crippen molar-refractivity contribution in [3.05, 3.63) is 35.9 Å². The van der Waals surface area contributed by atoms with Crippen molar-refractivity contribution in [2.75, 3.05) is 26.8 Å². The number of carbonyl (C=O) groups is 1. The summed E-state index contributed by atoms with van der Waals surface area (Å²) in [6, 6.07) is 0. The van der Waals surface area contributed by atoms with Crippen LogP contribution in [0.15, 0.2) is 25.0 Å². The van der Waals surface area contributed by atoms with Crippen LogP contribution in [-0.2, 0) is 4.74 Å². The average Bonchev–Trinajstić information content (AvgIpc) is 2.34. The van der Waals surface area contributed by atoms with Crippen molar-refractivity contribution >= 4 is 17.5 Å². The molecule has 0 fully saturated rings. The molecular weight excluding hydrogens is 242 g/mol. The van der Waals surface area contributed by atoms with Crippen LogP contribution in [0.1, 0.15) is 10.5 Å². The number of hydrogen-bond acceptors (Lipinski definition) is 4. The fourth-order valence-electron chi connectivity index (χ4n) is 1.22. The molecule has 1 heterocycles. The van der Waals surface area contributed by atoms with Crippen molar-refractivity contribution in [3.8, 4) is 0 Å². The van der Waals surface area contributed by atoms with E-state index in [9.17, 15) is 4.79 Å². The maximum absolute atomic E-state index is 12.0. The van der Waals surface area contributed by atoms with Gasteiger partial charge >= 0.3 is 0 Å². The van der Waals surface area contributed by atoms with Gasteiger partial charge in [0.05, 0.1) is 19.0 Å². The summed E-state index contributed by atoms with van der Waals surface area (Å²) in [7, 11) is 1.58. The summed E-state index contributed by atoms with van der Waals surface area (Å²) >= 11 is 5.61. The first-order chi connectivity index (χ1) is 8.19. The first-order valence-electron chi connectivity index (χ1n) is 5.05. The molecule has 0 saturated carbocycles. The van der Waals surface area contributed by atoms with Crippen molar-refractivity contribution in [3.63, 3.8) is 0 Å². The zero-order valence-corrected chi connectivity index (χ0v) is 10.4. The van der Waals surface area contributed by atoms with Crippen molar-refractivity contribution in [1.29, 1.82) is 0 Å². The summed E-state index contributed by atoms with van der Waals surface area (Å²) < 4.78 is 4.94. The predicted octanol–water partition coefficient (Wildman–Crippen LogP) is 1.40. The van der Waals surface area contributed by atoms with E-state index in [1.165, 1.54) is 12.4 Å². The Bertz CT molecular complexity index is 381. The molecule has 17 heavy (non-hydrogen) atoms. The van der Waals surface area contributed by atoms with Gasteiger partial charge in [-0.05, 0) is 0 Å². The molecule has 5 nitrogen and oxygen atoms in total. The molecule has 1 amide bonds. The van der Waals surface area contributed by atoms with Gasteiger partial charge < -0.3 is 9.64 Å². The van der Waals surface area contributed by atoms with E-state index in [-0.39, 0.29) is 16.8 Å². The minimum absolute atomic E-state index is 0.217. The van der Waals surface area contributed by atoms with E-state index in [1.54, 1.807) is 18.1 Å². The average molecular weight is 256 g/mol.